The molecule has 4 nitrogen and oxygen atoms in total. The number of nitrogens with one attached hydrogen (secondary N) is 1. The highest BCUT2D eigenvalue weighted by Crippen LogP contribution is 2.34. The lowest BCUT2D eigenvalue weighted by Gasteiger charge is -2.12. The zero-order valence-corrected chi connectivity index (χ0v) is 15.9. The van der Waals surface area contributed by atoms with Gasteiger partial charge in [-0.25, -0.2) is 4.98 Å². The predicted molar refractivity (Wildman–Crippen MR) is 99.0 cm³/mol. The maximum absolute atomic E-state index is 13.1. The first-order valence-corrected chi connectivity index (χ1v) is 8.80. The molecule has 0 fully saturated rings. The molecule has 10 heteroatoms. The minimum atomic E-state index is -4.63. The number of hydrogen-bond donors (Lipinski definition) is 1. The van der Waals surface area contributed by atoms with Crippen LogP contribution in [0.1, 0.15) is 28.7 Å². The van der Waals surface area contributed by atoms with Gasteiger partial charge in [-0.3, -0.25) is 9.20 Å². The van der Waals surface area contributed by atoms with E-state index in [1.165, 1.54) is 12.1 Å². The number of nitrogens with zero attached hydrogens (tertiary/aromatic N) is 2. The van der Waals surface area contributed by atoms with Crippen LogP contribution in [-0.2, 0) is 12.6 Å². The van der Waals surface area contributed by atoms with Gasteiger partial charge in [-0.15, -0.1) is 0 Å². The molecular weight excluding hydrogens is 426 g/mol. The number of anilines is 1. The molecule has 1 amide bonds. The number of aromatic nitrogens is 2. The van der Waals surface area contributed by atoms with E-state index in [0.29, 0.717) is 6.42 Å². The molecule has 2 heterocycles. The average molecular weight is 437 g/mol. The van der Waals surface area contributed by atoms with Gasteiger partial charge < -0.3 is 5.32 Å². The number of aryl methyl sites for hydroxylation is 1. The molecule has 0 unspecified atom stereocenters. The molecule has 1 N–H and O–H groups in total. The molecule has 3 aromatic rings. The van der Waals surface area contributed by atoms with Crippen molar-refractivity contribution in [3.63, 3.8) is 0 Å². The second-order valence-corrected chi connectivity index (χ2v) is 6.80. The number of pyridine rings is 1. The largest absolute Gasteiger partial charge is 0.417 e. The molecule has 3 rings (SSSR count). The number of halogens is 6. The van der Waals surface area contributed by atoms with Crippen molar-refractivity contribution in [2.45, 2.75) is 19.5 Å². The van der Waals surface area contributed by atoms with Crippen molar-refractivity contribution in [3.05, 3.63) is 62.5 Å². The summed E-state index contributed by atoms with van der Waals surface area (Å²) >= 11 is 18.1. The fraction of sp³-hybridized carbons (Fsp3) is 0.176. The minimum Gasteiger partial charge on any atom is -0.318 e. The number of rotatable bonds is 3. The Labute approximate surface area is 166 Å². The number of amides is 1. The Hall–Kier alpha value is -1.96. The normalized spacial score (nSPS) is 11.8. The van der Waals surface area contributed by atoms with Gasteiger partial charge in [0.25, 0.3) is 5.91 Å². The van der Waals surface area contributed by atoms with Crippen molar-refractivity contribution in [2.24, 2.45) is 0 Å². The first-order valence-electron chi connectivity index (χ1n) is 7.66. The van der Waals surface area contributed by atoms with Crippen molar-refractivity contribution in [1.82, 2.24) is 9.38 Å². The average Bonchev–Trinajstić information content (AvgIpc) is 2.96. The molecule has 27 heavy (non-hydrogen) atoms. The van der Waals surface area contributed by atoms with Gasteiger partial charge in [0, 0.05) is 6.20 Å². The van der Waals surface area contributed by atoms with Crippen molar-refractivity contribution in [2.75, 3.05) is 5.32 Å². The summed E-state index contributed by atoms with van der Waals surface area (Å²) in [6.45, 7) is 1.72. The maximum Gasteiger partial charge on any atom is 0.417 e. The Bertz CT molecular complexity index is 1030. The predicted octanol–water partition coefficient (Wildman–Crippen LogP) is 6.13. The van der Waals surface area contributed by atoms with Gasteiger partial charge in [0.15, 0.2) is 5.65 Å². The summed E-state index contributed by atoms with van der Waals surface area (Å²) in [6, 6.07) is 5.42. The van der Waals surface area contributed by atoms with E-state index in [9.17, 15) is 18.0 Å². The Morgan fingerprint density at radius 3 is 2.37 bits per heavy atom. The highest BCUT2D eigenvalue weighted by Gasteiger charge is 2.33. The Balaban J connectivity index is 2.17. The number of benzene rings is 1. The van der Waals surface area contributed by atoms with E-state index in [1.54, 1.807) is 13.0 Å². The lowest BCUT2D eigenvalue weighted by Crippen LogP contribution is -2.17. The maximum atomic E-state index is 13.1. The zero-order valence-electron chi connectivity index (χ0n) is 13.7. The van der Waals surface area contributed by atoms with E-state index >= 15 is 0 Å². The molecule has 2 aromatic heterocycles. The van der Waals surface area contributed by atoms with Crippen LogP contribution in [0.5, 0.6) is 0 Å². The SMILES string of the molecule is CCc1nc2c(Cl)cc(C(F)(F)F)cn2c1C(=O)Nc1c(Cl)cccc1Cl. The van der Waals surface area contributed by atoms with E-state index < -0.39 is 17.6 Å². The summed E-state index contributed by atoms with van der Waals surface area (Å²) in [4.78, 5) is 17.0. The molecule has 0 aliphatic heterocycles. The first-order chi connectivity index (χ1) is 12.6. The van der Waals surface area contributed by atoms with Crippen LogP contribution in [-0.4, -0.2) is 15.3 Å². The van der Waals surface area contributed by atoms with E-state index in [1.807, 2.05) is 0 Å². The van der Waals surface area contributed by atoms with Crippen LogP contribution in [0, 0.1) is 0 Å². The van der Waals surface area contributed by atoms with Crippen LogP contribution < -0.4 is 5.32 Å². The van der Waals surface area contributed by atoms with Crippen LogP contribution in [0.15, 0.2) is 30.5 Å². The van der Waals surface area contributed by atoms with Crippen LogP contribution in [0.2, 0.25) is 15.1 Å². The van der Waals surface area contributed by atoms with Gasteiger partial charge in [-0.2, -0.15) is 13.2 Å². The molecular formula is C17H11Cl3F3N3O. The molecule has 0 saturated carbocycles. The lowest BCUT2D eigenvalue weighted by molar-refractivity contribution is -0.137. The van der Waals surface area contributed by atoms with Crippen molar-refractivity contribution < 1.29 is 18.0 Å². The molecule has 142 valence electrons. The third kappa shape index (κ3) is 3.72. The number of para-hydroxylation sites is 1. The quantitative estimate of drug-likeness (QED) is 0.537. The van der Waals surface area contributed by atoms with Gasteiger partial charge >= 0.3 is 6.18 Å². The number of carbonyl (C=O) groups excluding carboxylic acids is 1. The summed E-state index contributed by atoms with van der Waals surface area (Å²) in [5, 5.41) is 2.71. The Morgan fingerprint density at radius 1 is 1.19 bits per heavy atom. The lowest BCUT2D eigenvalue weighted by atomic mass is 10.2. The minimum absolute atomic E-state index is 0.0527. The fourth-order valence-electron chi connectivity index (χ4n) is 2.58. The summed E-state index contributed by atoms with van der Waals surface area (Å²) in [7, 11) is 0. The summed E-state index contributed by atoms with van der Waals surface area (Å²) in [5.74, 6) is -0.704. The molecule has 0 aliphatic carbocycles. The van der Waals surface area contributed by atoms with E-state index in [4.69, 9.17) is 34.8 Å². The first kappa shape index (κ1) is 19.8. The molecule has 0 saturated heterocycles. The monoisotopic (exact) mass is 435 g/mol. The van der Waals surface area contributed by atoms with Gasteiger partial charge in [0.05, 0.1) is 32.0 Å². The second-order valence-electron chi connectivity index (χ2n) is 5.58. The highest BCUT2D eigenvalue weighted by molar-refractivity contribution is 6.40. The molecule has 0 atom stereocenters. The summed E-state index contributed by atoms with van der Waals surface area (Å²) in [6.07, 6.45) is -3.54. The standard InChI is InChI=1S/C17H11Cl3F3N3O/c1-2-12-14(16(27)25-13-9(18)4-3-5-10(13)19)26-7-8(17(21,22)23)6-11(20)15(26)24-12/h3-7H,2H2,1H3,(H,25,27). The molecule has 0 spiro atoms. The molecule has 0 aliphatic rings. The topological polar surface area (TPSA) is 46.4 Å². The number of fused-ring (bicyclic) bond motifs is 1. The van der Waals surface area contributed by atoms with E-state index in [0.717, 1.165) is 16.7 Å². The third-order valence-electron chi connectivity index (χ3n) is 3.83. The van der Waals surface area contributed by atoms with Gasteiger partial charge in [-0.1, -0.05) is 47.8 Å². The van der Waals surface area contributed by atoms with Crippen molar-refractivity contribution in [1.29, 1.82) is 0 Å². The van der Waals surface area contributed by atoms with E-state index in [2.05, 4.69) is 10.3 Å². The van der Waals surface area contributed by atoms with Gasteiger partial charge in [-0.05, 0) is 24.6 Å². The van der Waals surface area contributed by atoms with Crippen LogP contribution >= 0.6 is 34.8 Å². The molecule has 1 aromatic carbocycles. The zero-order chi connectivity index (χ0) is 19.9. The van der Waals surface area contributed by atoms with Crippen molar-refractivity contribution in [3.8, 4) is 0 Å². The van der Waals surface area contributed by atoms with Gasteiger partial charge in [0.2, 0.25) is 0 Å². The Kier molecular flexibility index (Phi) is 5.29. The second kappa shape index (κ2) is 7.22. The highest BCUT2D eigenvalue weighted by atomic mass is 35.5. The van der Waals surface area contributed by atoms with E-state index in [-0.39, 0.29) is 37.8 Å². The Morgan fingerprint density at radius 2 is 1.81 bits per heavy atom. The number of alkyl halides is 3. The number of imidazole rings is 1. The summed E-state index contributed by atoms with van der Waals surface area (Å²) in [5.41, 5.74) is -0.573. The van der Waals surface area contributed by atoms with Crippen LogP contribution in [0.3, 0.4) is 0 Å². The van der Waals surface area contributed by atoms with Crippen LogP contribution in [0.4, 0.5) is 18.9 Å². The fourth-order valence-corrected chi connectivity index (χ4v) is 3.33. The summed E-state index contributed by atoms with van der Waals surface area (Å²) < 4.78 is 40.5. The van der Waals surface area contributed by atoms with Crippen molar-refractivity contribution >= 4 is 52.0 Å². The smallest absolute Gasteiger partial charge is 0.318 e. The van der Waals surface area contributed by atoms with Gasteiger partial charge in [0.1, 0.15) is 5.69 Å². The van der Waals surface area contributed by atoms with Crippen LogP contribution in [0.25, 0.3) is 5.65 Å². The molecule has 0 bridgehead atoms. The number of carbonyl (C=O) groups is 1. The third-order valence-corrected chi connectivity index (χ3v) is 4.73. The number of hydrogen-bond acceptors (Lipinski definition) is 2. The molecule has 0 radical (unpaired) electrons.